The van der Waals surface area contributed by atoms with E-state index in [9.17, 15) is 4.79 Å². The van der Waals surface area contributed by atoms with Crippen molar-refractivity contribution in [1.82, 2.24) is 24.8 Å². The van der Waals surface area contributed by atoms with Crippen molar-refractivity contribution in [3.05, 3.63) is 90.5 Å². The molecule has 0 saturated heterocycles. The number of carbonyl (C=O) groups is 1. The number of thioether (sulfide) groups is 1. The molecule has 2 heterocycles. The molecule has 31 heavy (non-hydrogen) atoms. The summed E-state index contributed by atoms with van der Waals surface area (Å²) < 4.78 is 3.75. The lowest BCUT2D eigenvalue weighted by Gasteiger charge is -2.08. The number of fused-ring (bicyclic) bond motifs is 1. The van der Waals surface area contributed by atoms with Crippen LogP contribution in [0, 0.1) is 0 Å². The van der Waals surface area contributed by atoms with Crippen LogP contribution in [0.15, 0.2) is 90.1 Å². The van der Waals surface area contributed by atoms with E-state index in [1.165, 1.54) is 11.8 Å². The quantitative estimate of drug-likeness (QED) is 0.289. The van der Waals surface area contributed by atoms with Crippen LogP contribution >= 0.6 is 11.8 Å². The van der Waals surface area contributed by atoms with Crippen LogP contribution in [0.4, 0.5) is 0 Å². The number of aryl methyl sites for hydroxylation is 1. The van der Waals surface area contributed by atoms with Crippen LogP contribution in [0.5, 0.6) is 0 Å². The molecule has 0 radical (unpaired) electrons. The molecule has 0 bridgehead atoms. The van der Waals surface area contributed by atoms with E-state index in [0.29, 0.717) is 5.16 Å². The number of hydrogen-bond acceptors (Lipinski definition) is 5. The van der Waals surface area contributed by atoms with Crippen LogP contribution in [0.1, 0.15) is 10.4 Å². The van der Waals surface area contributed by atoms with Crippen LogP contribution in [0.3, 0.4) is 0 Å². The number of Topliss-reactive ketones (excluding diaryl/α,β-unsaturated/α-hetero) is 1. The third-order valence-electron chi connectivity index (χ3n) is 5.21. The summed E-state index contributed by atoms with van der Waals surface area (Å²) in [5.74, 6) is 0.282. The highest BCUT2D eigenvalue weighted by molar-refractivity contribution is 7.99. The lowest BCUT2D eigenvalue weighted by atomic mass is 10.0. The first-order valence-corrected chi connectivity index (χ1v) is 10.9. The van der Waals surface area contributed by atoms with E-state index in [1.54, 1.807) is 4.68 Å². The van der Waals surface area contributed by atoms with Gasteiger partial charge in [0.25, 0.3) is 0 Å². The molecule has 0 aliphatic rings. The number of hydrogen-bond donors (Lipinski definition) is 0. The Balaban J connectivity index is 1.51. The van der Waals surface area contributed by atoms with Crippen LogP contribution in [-0.2, 0) is 7.05 Å². The zero-order valence-corrected chi connectivity index (χ0v) is 17.7. The maximum atomic E-state index is 13.5. The van der Waals surface area contributed by atoms with Gasteiger partial charge in [0.15, 0.2) is 5.78 Å². The molecule has 2 aromatic heterocycles. The summed E-state index contributed by atoms with van der Waals surface area (Å²) in [7, 11) is 2.00. The van der Waals surface area contributed by atoms with Gasteiger partial charge in [0, 0.05) is 18.0 Å². The van der Waals surface area contributed by atoms with E-state index < -0.39 is 0 Å². The second kappa shape index (κ2) is 8.20. The predicted molar refractivity (Wildman–Crippen MR) is 123 cm³/mol. The zero-order chi connectivity index (χ0) is 21.2. The molecule has 0 saturated carbocycles. The number of benzene rings is 3. The fourth-order valence-electron chi connectivity index (χ4n) is 3.81. The highest BCUT2D eigenvalue weighted by Gasteiger charge is 2.23. The third kappa shape index (κ3) is 3.53. The van der Waals surface area contributed by atoms with Gasteiger partial charge in [-0.2, -0.15) is 4.68 Å². The number of para-hydroxylation sites is 2. The van der Waals surface area contributed by atoms with Crippen molar-refractivity contribution in [3.63, 3.8) is 0 Å². The minimum Gasteiger partial charge on any atom is -0.343 e. The average Bonchev–Trinajstić information content (AvgIpc) is 3.41. The molecule has 6 nitrogen and oxygen atoms in total. The second-order valence-corrected chi connectivity index (χ2v) is 8.03. The maximum Gasteiger partial charge on any atom is 0.214 e. The molecule has 0 spiro atoms. The minimum absolute atomic E-state index is 0.0447. The lowest BCUT2D eigenvalue weighted by Crippen LogP contribution is -2.07. The number of ketones is 1. The highest BCUT2D eigenvalue weighted by Crippen LogP contribution is 2.34. The average molecular weight is 426 g/mol. The Morgan fingerprint density at radius 2 is 1.58 bits per heavy atom. The maximum absolute atomic E-state index is 13.5. The Kier molecular flexibility index (Phi) is 5.09. The van der Waals surface area contributed by atoms with Gasteiger partial charge in [-0.25, -0.2) is 0 Å². The Morgan fingerprint density at radius 1 is 0.903 bits per heavy atom. The number of carbonyl (C=O) groups excluding carboxylic acids is 1. The first kappa shape index (κ1) is 19.3. The standard InChI is InChI=1S/C24H19N5OS/c1-28-20-15-9-8-14-19(20)22(23(28)17-10-4-2-5-11-17)21(30)16-31-24-25-26-27-29(24)18-12-6-3-7-13-18/h2-15H,16H2,1H3. The van der Waals surface area contributed by atoms with Crippen LogP contribution < -0.4 is 0 Å². The van der Waals surface area contributed by atoms with Crippen molar-refractivity contribution in [2.75, 3.05) is 5.75 Å². The molecular weight excluding hydrogens is 406 g/mol. The Bertz CT molecular complexity index is 1360. The summed E-state index contributed by atoms with van der Waals surface area (Å²) in [4.78, 5) is 13.5. The van der Waals surface area contributed by atoms with Crippen LogP contribution in [-0.4, -0.2) is 36.3 Å². The fraction of sp³-hybridized carbons (Fsp3) is 0.0833. The molecule has 0 aliphatic heterocycles. The Morgan fingerprint density at radius 3 is 2.35 bits per heavy atom. The number of nitrogens with zero attached hydrogens (tertiary/aromatic N) is 5. The summed E-state index contributed by atoms with van der Waals surface area (Å²) in [5.41, 5.74) is 4.57. The number of tetrazole rings is 1. The molecule has 0 atom stereocenters. The van der Waals surface area contributed by atoms with E-state index in [0.717, 1.165) is 33.4 Å². The second-order valence-electron chi connectivity index (χ2n) is 7.09. The molecule has 5 rings (SSSR count). The highest BCUT2D eigenvalue weighted by atomic mass is 32.2. The molecule has 5 aromatic rings. The first-order chi connectivity index (χ1) is 15.2. The molecule has 0 aliphatic carbocycles. The molecular formula is C24H19N5OS. The van der Waals surface area contributed by atoms with E-state index in [1.807, 2.05) is 92.0 Å². The van der Waals surface area contributed by atoms with Crippen molar-refractivity contribution in [2.45, 2.75) is 5.16 Å². The number of aromatic nitrogens is 5. The van der Waals surface area contributed by atoms with E-state index in [-0.39, 0.29) is 11.5 Å². The molecule has 152 valence electrons. The SMILES string of the molecule is Cn1c(-c2ccccc2)c(C(=O)CSc2nnnn2-c2ccccc2)c2ccccc21. The lowest BCUT2D eigenvalue weighted by molar-refractivity contribution is 0.102. The largest absolute Gasteiger partial charge is 0.343 e. The topological polar surface area (TPSA) is 65.6 Å². The molecule has 0 fully saturated rings. The predicted octanol–water partition coefficient (Wildman–Crippen LogP) is 4.80. The monoisotopic (exact) mass is 425 g/mol. The van der Waals surface area contributed by atoms with Crippen molar-refractivity contribution < 1.29 is 4.79 Å². The third-order valence-corrected chi connectivity index (χ3v) is 6.13. The van der Waals surface area contributed by atoms with Gasteiger partial charge >= 0.3 is 0 Å². The zero-order valence-electron chi connectivity index (χ0n) is 16.8. The Hall–Kier alpha value is -3.71. The van der Waals surface area contributed by atoms with Gasteiger partial charge in [0.1, 0.15) is 0 Å². The summed E-state index contributed by atoms with van der Waals surface area (Å²) in [6.45, 7) is 0. The molecule has 0 unspecified atom stereocenters. The van der Waals surface area contributed by atoms with Gasteiger partial charge in [-0.1, -0.05) is 78.5 Å². The van der Waals surface area contributed by atoms with Crippen molar-refractivity contribution in [2.24, 2.45) is 7.05 Å². The van der Waals surface area contributed by atoms with Gasteiger partial charge in [0.2, 0.25) is 5.16 Å². The van der Waals surface area contributed by atoms with Crippen molar-refractivity contribution in [1.29, 1.82) is 0 Å². The van der Waals surface area contributed by atoms with Crippen molar-refractivity contribution >= 4 is 28.4 Å². The fourth-order valence-corrected chi connectivity index (χ4v) is 4.57. The molecule has 0 N–H and O–H groups in total. The molecule has 0 amide bonds. The van der Waals surface area contributed by atoms with Gasteiger partial charge < -0.3 is 4.57 Å². The molecule has 7 heteroatoms. The van der Waals surface area contributed by atoms with Crippen LogP contribution in [0.2, 0.25) is 0 Å². The summed E-state index contributed by atoms with van der Waals surface area (Å²) in [6.07, 6.45) is 0. The number of rotatable bonds is 6. The van der Waals surface area contributed by atoms with E-state index >= 15 is 0 Å². The summed E-state index contributed by atoms with van der Waals surface area (Å²) in [6, 6.07) is 27.7. The smallest absolute Gasteiger partial charge is 0.214 e. The summed E-state index contributed by atoms with van der Waals surface area (Å²) >= 11 is 1.34. The summed E-state index contributed by atoms with van der Waals surface area (Å²) in [5, 5.41) is 13.5. The Labute approximate surface area is 183 Å². The van der Waals surface area contributed by atoms with E-state index in [2.05, 4.69) is 20.1 Å². The molecule has 3 aromatic carbocycles. The van der Waals surface area contributed by atoms with E-state index in [4.69, 9.17) is 0 Å². The van der Waals surface area contributed by atoms with Gasteiger partial charge in [0.05, 0.1) is 22.7 Å². The van der Waals surface area contributed by atoms with Gasteiger partial charge in [-0.05, 0) is 34.2 Å². The van der Waals surface area contributed by atoms with Crippen LogP contribution in [0.25, 0.3) is 27.8 Å². The normalized spacial score (nSPS) is 11.1. The van der Waals surface area contributed by atoms with Gasteiger partial charge in [-0.3, -0.25) is 4.79 Å². The minimum atomic E-state index is 0.0447. The first-order valence-electron chi connectivity index (χ1n) is 9.86. The van der Waals surface area contributed by atoms with Gasteiger partial charge in [-0.15, -0.1) is 5.10 Å². The van der Waals surface area contributed by atoms with Crippen molar-refractivity contribution in [3.8, 4) is 16.9 Å².